The van der Waals surface area contributed by atoms with Crippen molar-refractivity contribution in [1.82, 2.24) is 9.97 Å². The van der Waals surface area contributed by atoms with E-state index in [0.717, 1.165) is 0 Å². The normalized spacial score (nSPS) is 10.4. The van der Waals surface area contributed by atoms with Gasteiger partial charge in [-0.25, -0.2) is 14.4 Å². The van der Waals surface area contributed by atoms with E-state index in [9.17, 15) is 4.39 Å². The Labute approximate surface area is 123 Å². The number of aryl methyl sites for hydroxylation is 1. The van der Waals surface area contributed by atoms with Crippen molar-refractivity contribution in [2.75, 3.05) is 17.7 Å². The third-order valence-electron chi connectivity index (χ3n) is 2.35. The molecule has 0 atom stereocenters. The van der Waals surface area contributed by atoms with Gasteiger partial charge >= 0.3 is 0 Å². The first-order chi connectivity index (χ1) is 8.99. The molecule has 0 aliphatic heterocycles. The van der Waals surface area contributed by atoms with Crippen molar-refractivity contribution in [3.63, 3.8) is 0 Å². The van der Waals surface area contributed by atoms with E-state index < -0.39 is 5.82 Å². The molecule has 0 saturated carbocycles. The maximum Gasteiger partial charge on any atom is 0.136 e. The number of nitrogens with one attached hydrogen (secondary N) is 2. The minimum atomic E-state index is -0.405. The lowest BCUT2D eigenvalue weighted by Crippen LogP contribution is -2.02. The highest BCUT2D eigenvalue weighted by Gasteiger charge is 2.10. The monoisotopic (exact) mass is 344 g/mol. The van der Waals surface area contributed by atoms with Crippen molar-refractivity contribution in [3.05, 3.63) is 39.3 Å². The van der Waals surface area contributed by atoms with Crippen molar-refractivity contribution in [2.24, 2.45) is 0 Å². The Kier molecular flexibility index (Phi) is 4.21. The molecule has 0 radical (unpaired) electrons. The summed E-state index contributed by atoms with van der Waals surface area (Å²) in [5.74, 6) is 1.47. The summed E-state index contributed by atoms with van der Waals surface area (Å²) >= 11 is 9.27. The van der Waals surface area contributed by atoms with E-state index in [2.05, 4.69) is 36.5 Å². The fraction of sp³-hybridized carbons (Fsp3) is 0.167. The molecule has 1 aromatic heterocycles. The highest BCUT2D eigenvalue weighted by molar-refractivity contribution is 9.10. The number of halogens is 3. The molecule has 2 aromatic rings. The van der Waals surface area contributed by atoms with Crippen LogP contribution in [0.3, 0.4) is 0 Å². The van der Waals surface area contributed by atoms with Crippen LogP contribution in [0.15, 0.2) is 22.7 Å². The Balaban J connectivity index is 2.39. The summed E-state index contributed by atoms with van der Waals surface area (Å²) in [7, 11) is 1.77. The molecule has 2 rings (SSSR count). The van der Waals surface area contributed by atoms with Gasteiger partial charge in [-0.3, -0.25) is 0 Å². The Bertz CT molecular complexity index is 598. The number of hydrogen-bond acceptors (Lipinski definition) is 4. The van der Waals surface area contributed by atoms with Crippen molar-refractivity contribution in [3.8, 4) is 0 Å². The van der Waals surface area contributed by atoms with Crippen LogP contribution in [-0.4, -0.2) is 17.0 Å². The van der Waals surface area contributed by atoms with Gasteiger partial charge in [0.05, 0.1) is 10.7 Å². The second-order valence-electron chi connectivity index (χ2n) is 3.81. The summed E-state index contributed by atoms with van der Waals surface area (Å²) in [4.78, 5) is 8.43. The van der Waals surface area contributed by atoms with Gasteiger partial charge in [0.25, 0.3) is 0 Å². The third kappa shape index (κ3) is 3.33. The number of nitrogens with zero attached hydrogens (tertiary/aromatic N) is 2. The van der Waals surface area contributed by atoms with Crippen molar-refractivity contribution < 1.29 is 4.39 Å². The van der Waals surface area contributed by atoms with E-state index in [0.29, 0.717) is 27.6 Å². The van der Waals surface area contributed by atoms with Gasteiger partial charge in [-0.15, -0.1) is 0 Å². The van der Waals surface area contributed by atoms with Crippen LogP contribution in [-0.2, 0) is 0 Å². The zero-order valence-corrected chi connectivity index (χ0v) is 12.6. The fourth-order valence-electron chi connectivity index (χ4n) is 1.55. The topological polar surface area (TPSA) is 49.8 Å². The average Bonchev–Trinajstić information content (AvgIpc) is 2.33. The van der Waals surface area contributed by atoms with Gasteiger partial charge in [0.15, 0.2) is 0 Å². The number of hydrogen-bond donors (Lipinski definition) is 2. The molecule has 0 spiro atoms. The Morgan fingerprint density at radius 1 is 1.21 bits per heavy atom. The standard InChI is InChI=1S/C12H11BrClFN4/c1-6-17-10(16-2)5-11(18-6)19-12-8(13)3-7(15)4-9(12)14/h3-5H,1-2H3,(H2,16,17,18,19). The summed E-state index contributed by atoms with van der Waals surface area (Å²) in [6, 6.07) is 4.31. The molecule has 2 N–H and O–H groups in total. The minimum Gasteiger partial charge on any atom is -0.373 e. The van der Waals surface area contributed by atoms with Crippen molar-refractivity contribution in [2.45, 2.75) is 6.92 Å². The first-order valence-corrected chi connectivity index (χ1v) is 6.61. The van der Waals surface area contributed by atoms with Crippen LogP contribution in [0.4, 0.5) is 21.7 Å². The summed E-state index contributed by atoms with van der Waals surface area (Å²) in [6.07, 6.45) is 0. The summed E-state index contributed by atoms with van der Waals surface area (Å²) in [6.45, 7) is 1.79. The molecule has 1 aromatic carbocycles. The van der Waals surface area contributed by atoms with Crippen LogP contribution in [0, 0.1) is 12.7 Å². The lowest BCUT2D eigenvalue weighted by Gasteiger charge is -2.11. The van der Waals surface area contributed by atoms with E-state index in [-0.39, 0.29) is 5.02 Å². The lowest BCUT2D eigenvalue weighted by atomic mass is 10.3. The number of benzene rings is 1. The highest BCUT2D eigenvalue weighted by Crippen LogP contribution is 2.33. The zero-order valence-electron chi connectivity index (χ0n) is 10.3. The Hall–Kier alpha value is -1.40. The SMILES string of the molecule is CNc1cc(Nc2c(Cl)cc(F)cc2Br)nc(C)n1. The van der Waals surface area contributed by atoms with Crippen molar-refractivity contribution in [1.29, 1.82) is 0 Å². The highest BCUT2D eigenvalue weighted by atomic mass is 79.9. The molecule has 4 nitrogen and oxygen atoms in total. The van der Waals surface area contributed by atoms with E-state index in [1.54, 1.807) is 20.0 Å². The second-order valence-corrected chi connectivity index (χ2v) is 5.07. The Morgan fingerprint density at radius 3 is 2.53 bits per heavy atom. The molecule has 1 heterocycles. The number of rotatable bonds is 3. The molecule has 0 unspecified atom stereocenters. The van der Waals surface area contributed by atoms with Crippen LogP contribution in [0.2, 0.25) is 5.02 Å². The maximum absolute atomic E-state index is 13.2. The smallest absolute Gasteiger partial charge is 0.136 e. The van der Waals surface area contributed by atoms with Crippen LogP contribution in [0.25, 0.3) is 0 Å². The molecule has 0 saturated heterocycles. The molecule has 0 fully saturated rings. The van der Waals surface area contributed by atoms with Crippen LogP contribution < -0.4 is 10.6 Å². The average molecular weight is 346 g/mol. The first kappa shape index (κ1) is 14.0. The van der Waals surface area contributed by atoms with Crippen LogP contribution in [0.1, 0.15) is 5.82 Å². The van der Waals surface area contributed by atoms with Crippen LogP contribution in [0.5, 0.6) is 0 Å². The lowest BCUT2D eigenvalue weighted by molar-refractivity contribution is 0.627. The molecule has 0 amide bonds. The van der Waals surface area contributed by atoms with E-state index in [4.69, 9.17) is 11.6 Å². The molecule has 7 heteroatoms. The van der Waals surface area contributed by atoms with Gasteiger partial charge in [0, 0.05) is 17.6 Å². The van der Waals surface area contributed by atoms with E-state index in [1.807, 2.05) is 0 Å². The molecule has 0 aliphatic carbocycles. The predicted molar refractivity (Wildman–Crippen MR) is 78.7 cm³/mol. The molecule has 0 bridgehead atoms. The number of anilines is 3. The van der Waals surface area contributed by atoms with Gasteiger partial charge in [0.2, 0.25) is 0 Å². The maximum atomic E-state index is 13.2. The molecular formula is C12H11BrClFN4. The number of aromatic nitrogens is 2. The van der Waals surface area contributed by atoms with Gasteiger partial charge < -0.3 is 10.6 Å². The predicted octanol–water partition coefficient (Wildman–Crippen LogP) is 4.13. The van der Waals surface area contributed by atoms with Crippen LogP contribution >= 0.6 is 27.5 Å². The summed E-state index contributed by atoms with van der Waals surface area (Å²) in [5.41, 5.74) is 0.559. The van der Waals surface area contributed by atoms with E-state index >= 15 is 0 Å². The molecule has 0 aliphatic rings. The summed E-state index contributed by atoms with van der Waals surface area (Å²) < 4.78 is 13.7. The van der Waals surface area contributed by atoms with Crippen molar-refractivity contribution >= 4 is 44.9 Å². The fourth-order valence-corrected chi connectivity index (χ4v) is 2.45. The quantitative estimate of drug-likeness (QED) is 0.878. The first-order valence-electron chi connectivity index (χ1n) is 5.44. The molecular weight excluding hydrogens is 335 g/mol. The van der Waals surface area contributed by atoms with Gasteiger partial charge in [-0.1, -0.05) is 11.6 Å². The van der Waals surface area contributed by atoms with Gasteiger partial charge in [-0.05, 0) is 35.0 Å². The third-order valence-corrected chi connectivity index (χ3v) is 3.28. The molecule has 19 heavy (non-hydrogen) atoms. The van der Waals surface area contributed by atoms with E-state index in [1.165, 1.54) is 12.1 Å². The largest absolute Gasteiger partial charge is 0.373 e. The second kappa shape index (κ2) is 5.71. The Morgan fingerprint density at radius 2 is 1.89 bits per heavy atom. The minimum absolute atomic E-state index is 0.272. The summed E-state index contributed by atoms with van der Waals surface area (Å²) in [5, 5.41) is 6.26. The zero-order chi connectivity index (χ0) is 14.0. The van der Waals surface area contributed by atoms with Gasteiger partial charge in [0.1, 0.15) is 23.3 Å². The molecule has 100 valence electrons. The van der Waals surface area contributed by atoms with Gasteiger partial charge in [-0.2, -0.15) is 0 Å².